The standard InChI is InChI=1S/C33H39N3O7S/c1-17-18(19-10-11-20(34-6)30(35-19)31(39)36-44(8,40)41)9-12-23(42-7)26(17)29-27-21(37)13-32(2,3)15-24(27)43-25-16-33(4,5)14-22(38)28(25)29/h9-12,29,34H,13-16H2,1-8H3,(H,36,39). The fourth-order valence-electron chi connectivity index (χ4n) is 6.68. The van der Waals surface area contributed by atoms with Crippen molar-refractivity contribution in [2.75, 3.05) is 25.7 Å². The molecule has 2 N–H and O–H groups in total. The SMILES string of the molecule is CNc1ccc(-c2ccc(OC)c(C3C4=C(CC(C)(C)CC4=O)OC4=C3C(=O)CC(C)(C)C4)c2C)nc1C(=O)NS(C)(=O)=O. The van der Waals surface area contributed by atoms with Gasteiger partial charge >= 0.3 is 0 Å². The Morgan fingerprint density at radius 1 is 0.955 bits per heavy atom. The molecule has 0 bridgehead atoms. The van der Waals surface area contributed by atoms with Crippen LogP contribution in [0.15, 0.2) is 46.9 Å². The second kappa shape index (κ2) is 10.9. The smallest absolute Gasteiger partial charge is 0.285 e. The third kappa shape index (κ3) is 5.77. The van der Waals surface area contributed by atoms with E-state index < -0.39 is 21.8 Å². The second-order valence-electron chi connectivity index (χ2n) is 13.5. The van der Waals surface area contributed by atoms with Gasteiger partial charge in [-0.05, 0) is 47.6 Å². The highest BCUT2D eigenvalue weighted by Gasteiger charge is 2.49. The van der Waals surface area contributed by atoms with E-state index in [0.29, 0.717) is 82.2 Å². The van der Waals surface area contributed by atoms with Gasteiger partial charge in [-0.25, -0.2) is 18.1 Å². The normalized spacial score (nSPS) is 19.6. The van der Waals surface area contributed by atoms with Crippen molar-refractivity contribution in [2.24, 2.45) is 10.8 Å². The number of carbonyl (C=O) groups excluding carboxylic acids is 3. The van der Waals surface area contributed by atoms with Crippen molar-refractivity contribution in [2.45, 2.75) is 66.2 Å². The molecule has 44 heavy (non-hydrogen) atoms. The number of rotatable bonds is 6. The first kappa shape index (κ1) is 31.4. The lowest BCUT2D eigenvalue weighted by Gasteiger charge is -2.43. The molecule has 1 amide bonds. The van der Waals surface area contributed by atoms with Gasteiger partial charge in [-0.2, -0.15) is 0 Å². The van der Waals surface area contributed by atoms with Crippen LogP contribution in [0.2, 0.25) is 0 Å². The molecule has 0 spiro atoms. The molecule has 0 saturated carbocycles. The Kier molecular flexibility index (Phi) is 7.77. The molecule has 1 aliphatic heterocycles. The lowest BCUT2D eigenvalue weighted by atomic mass is 9.65. The summed E-state index contributed by atoms with van der Waals surface area (Å²) in [7, 11) is -0.675. The zero-order valence-electron chi connectivity index (χ0n) is 26.4. The van der Waals surface area contributed by atoms with Crippen molar-refractivity contribution in [1.82, 2.24) is 9.71 Å². The van der Waals surface area contributed by atoms with Gasteiger partial charge in [0, 0.05) is 55.0 Å². The number of amides is 1. The van der Waals surface area contributed by atoms with Crippen LogP contribution in [0.5, 0.6) is 5.75 Å². The van der Waals surface area contributed by atoms with Gasteiger partial charge in [0.15, 0.2) is 17.3 Å². The molecule has 10 nitrogen and oxygen atoms in total. The molecule has 11 heteroatoms. The van der Waals surface area contributed by atoms with Crippen LogP contribution in [0.3, 0.4) is 0 Å². The summed E-state index contributed by atoms with van der Waals surface area (Å²) in [5.41, 5.74) is 3.06. The van der Waals surface area contributed by atoms with Gasteiger partial charge in [-0.15, -0.1) is 0 Å². The summed E-state index contributed by atoms with van der Waals surface area (Å²) in [5, 5.41) is 2.88. The number of pyridine rings is 1. The molecule has 1 aromatic heterocycles. The average molecular weight is 622 g/mol. The predicted molar refractivity (Wildman–Crippen MR) is 167 cm³/mol. The molecule has 2 heterocycles. The lowest BCUT2D eigenvalue weighted by Crippen LogP contribution is -2.38. The Labute approximate surface area is 258 Å². The number of hydrogen-bond donors (Lipinski definition) is 2. The number of nitrogens with one attached hydrogen (secondary N) is 2. The van der Waals surface area contributed by atoms with Crippen LogP contribution in [0.4, 0.5) is 5.69 Å². The highest BCUT2D eigenvalue weighted by molar-refractivity contribution is 7.89. The lowest BCUT2D eigenvalue weighted by molar-refractivity contribution is -0.120. The second-order valence-corrected chi connectivity index (χ2v) is 15.2. The summed E-state index contributed by atoms with van der Waals surface area (Å²) in [6.07, 6.45) is 2.66. The number of aromatic nitrogens is 1. The van der Waals surface area contributed by atoms with Gasteiger partial charge in [0.25, 0.3) is 5.91 Å². The molecule has 0 saturated heterocycles. The Morgan fingerprint density at radius 2 is 1.52 bits per heavy atom. The van der Waals surface area contributed by atoms with Crippen LogP contribution < -0.4 is 14.8 Å². The molecule has 0 atom stereocenters. The summed E-state index contributed by atoms with van der Waals surface area (Å²) in [6.45, 7) is 10.0. The van der Waals surface area contributed by atoms with E-state index in [1.54, 1.807) is 38.4 Å². The number of nitrogens with zero attached hydrogens (tertiary/aromatic N) is 1. The van der Waals surface area contributed by atoms with Crippen molar-refractivity contribution >= 4 is 33.2 Å². The maximum atomic E-state index is 13.9. The first-order valence-corrected chi connectivity index (χ1v) is 16.4. The number of Topliss-reactive ketones (excluding diaryl/α,β-unsaturated/α-hetero) is 2. The minimum absolute atomic E-state index is 0.0616. The fraction of sp³-hybridized carbons (Fsp3) is 0.455. The number of methoxy groups -OCH3 is 1. The summed E-state index contributed by atoms with van der Waals surface area (Å²) in [5.74, 6) is 0.0219. The van der Waals surface area contributed by atoms with Crippen LogP contribution in [0.25, 0.3) is 11.3 Å². The minimum Gasteiger partial charge on any atom is -0.496 e. The number of hydrogen-bond acceptors (Lipinski definition) is 9. The van der Waals surface area contributed by atoms with Crippen molar-refractivity contribution in [3.63, 3.8) is 0 Å². The number of allylic oxidation sites excluding steroid dienone is 4. The van der Waals surface area contributed by atoms with E-state index in [0.717, 1.165) is 6.26 Å². The quantitative estimate of drug-likeness (QED) is 0.445. The summed E-state index contributed by atoms with van der Waals surface area (Å²) in [4.78, 5) is 45.2. The van der Waals surface area contributed by atoms with Crippen molar-refractivity contribution in [1.29, 1.82) is 0 Å². The van der Waals surface area contributed by atoms with E-state index in [2.05, 4.69) is 10.3 Å². The number of sulfonamides is 1. The first-order valence-electron chi connectivity index (χ1n) is 14.5. The monoisotopic (exact) mass is 621 g/mol. The van der Waals surface area contributed by atoms with Crippen LogP contribution in [-0.2, 0) is 24.3 Å². The predicted octanol–water partition coefficient (Wildman–Crippen LogP) is 5.20. The summed E-state index contributed by atoms with van der Waals surface area (Å²) < 4.78 is 37.9. The number of benzene rings is 1. The van der Waals surface area contributed by atoms with Crippen molar-refractivity contribution in [3.8, 4) is 17.0 Å². The number of ether oxygens (including phenoxy) is 2. The largest absolute Gasteiger partial charge is 0.496 e. The topological polar surface area (TPSA) is 141 Å². The van der Waals surface area contributed by atoms with E-state index >= 15 is 0 Å². The van der Waals surface area contributed by atoms with Crippen LogP contribution in [0.1, 0.15) is 80.9 Å². The number of ketones is 2. The number of carbonyl (C=O) groups is 3. The van der Waals surface area contributed by atoms with Gasteiger partial charge in [0.05, 0.1) is 30.7 Å². The fourth-order valence-corrected chi connectivity index (χ4v) is 7.12. The Balaban J connectivity index is 1.75. The third-order valence-corrected chi connectivity index (χ3v) is 9.06. The highest BCUT2D eigenvalue weighted by atomic mass is 32.2. The Morgan fingerprint density at radius 3 is 2.02 bits per heavy atom. The van der Waals surface area contributed by atoms with E-state index in [4.69, 9.17) is 9.47 Å². The van der Waals surface area contributed by atoms with Crippen molar-refractivity contribution < 1.29 is 32.3 Å². The van der Waals surface area contributed by atoms with Gasteiger partial charge in [0.1, 0.15) is 17.3 Å². The van der Waals surface area contributed by atoms with Crippen LogP contribution in [0, 0.1) is 17.8 Å². The summed E-state index contributed by atoms with van der Waals surface area (Å²) in [6, 6.07) is 6.95. The molecule has 3 aliphatic rings. The molecule has 2 aromatic rings. The van der Waals surface area contributed by atoms with Gasteiger partial charge in [0.2, 0.25) is 10.0 Å². The van der Waals surface area contributed by atoms with Gasteiger partial charge in [-0.3, -0.25) is 14.4 Å². The van der Waals surface area contributed by atoms with Crippen LogP contribution >= 0.6 is 0 Å². The van der Waals surface area contributed by atoms with E-state index in [1.165, 1.54) is 0 Å². The number of anilines is 1. The Bertz CT molecular complexity index is 1730. The maximum Gasteiger partial charge on any atom is 0.285 e. The van der Waals surface area contributed by atoms with Crippen molar-refractivity contribution in [3.05, 3.63) is 63.8 Å². The van der Waals surface area contributed by atoms with E-state index in [9.17, 15) is 22.8 Å². The van der Waals surface area contributed by atoms with Gasteiger partial charge < -0.3 is 14.8 Å². The molecule has 2 aliphatic carbocycles. The third-order valence-electron chi connectivity index (χ3n) is 8.50. The van der Waals surface area contributed by atoms with Crippen LogP contribution in [-0.4, -0.2) is 51.3 Å². The zero-order chi connectivity index (χ0) is 32.4. The average Bonchev–Trinajstić information content (AvgIpc) is 2.89. The maximum absolute atomic E-state index is 13.9. The minimum atomic E-state index is -3.83. The van der Waals surface area contributed by atoms with E-state index in [1.807, 2.05) is 39.3 Å². The van der Waals surface area contributed by atoms with E-state index in [-0.39, 0.29) is 28.1 Å². The molecular formula is C33H39N3O7S. The molecule has 0 fully saturated rings. The molecular weight excluding hydrogens is 582 g/mol. The molecule has 0 radical (unpaired) electrons. The Hall–Kier alpha value is -3.99. The summed E-state index contributed by atoms with van der Waals surface area (Å²) >= 11 is 0. The molecule has 0 unspecified atom stereocenters. The molecule has 5 rings (SSSR count). The highest BCUT2D eigenvalue weighted by Crippen LogP contribution is 2.55. The molecule has 234 valence electrons. The van der Waals surface area contributed by atoms with Gasteiger partial charge in [-0.1, -0.05) is 27.7 Å². The zero-order valence-corrected chi connectivity index (χ0v) is 27.2. The molecule has 1 aromatic carbocycles. The first-order chi connectivity index (χ1) is 20.4.